The second kappa shape index (κ2) is 5.90. The normalized spacial score (nSPS) is 38.9. The SMILES string of the molecule is O=C(O)C1=CN(C2CC2)C2=C(Cl)C(F)(N3CC4CCC3CN4)C=CC2C1=O. The van der Waals surface area contributed by atoms with Crippen molar-refractivity contribution >= 4 is 23.4 Å². The highest BCUT2D eigenvalue weighted by Crippen LogP contribution is 2.48. The maximum absolute atomic E-state index is 16.3. The molecule has 0 aromatic carbocycles. The summed E-state index contributed by atoms with van der Waals surface area (Å²) >= 11 is 6.65. The number of alkyl halides is 1. The number of rotatable bonds is 3. The van der Waals surface area contributed by atoms with Gasteiger partial charge in [-0.2, -0.15) is 0 Å². The molecule has 2 bridgehead atoms. The Morgan fingerprint density at radius 2 is 2.04 bits per heavy atom. The van der Waals surface area contributed by atoms with E-state index in [9.17, 15) is 14.7 Å². The van der Waals surface area contributed by atoms with Gasteiger partial charge >= 0.3 is 5.97 Å². The van der Waals surface area contributed by atoms with Gasteiger partial charge in [-0.25, -0.2) is 9.18 Å². The maximum atomic E-state index is 16.3. The van der Waals surface area contributed by atoms with Gasteiger partial charge in [0.25, 0.3) is 0 Å². The van der Waals surface area contributed by atoms with Crippen molar-refractivity contribution in [2.75, 3.05) is 13.1 Å². The van der Waals surface area contributed by atoms with Crippen LogP contribution in [0.3, 0.4) is 0 Å². The number of piperazine rings is 1. The minimum atomic E-state index is -1.96. The van der Waals surface area contributed by atoms with Crippen LogP contribution in [0.1, 0.15) is 25.7 Å². The quantitative estimate of drug-likeness (QED) is 0.432. The summed E-state index contributed by atoms with van der Waals surface area (Å²) in [6.07, 6.45) is 7.89. The maximum Gasteiger partial charge on any atom is 0.340 e. The predicted octanol–water partition coefficient (Wildman–Crippen LogP) is 1.74. The summed E-state index contributed by atoms with van der Waals surface area (Å²) in [4.78, 5) is 27.7. The number of allylic oxidation sites excluding steroid dienone is 1. The van der Waals surface area contributed by atoms with Gasteiger partial charge < -0.3 is 15.3 Å². The van der Waals surface area contributed by atoms with Crippen LogP contribution in [-0.2, 0) is 9.59 Å². The lowest BCUT2D eigenvalue weighted by atomic mass is 9.82. The lowest BCUT2D eigenvalue weighted by Gasteiger charge is -2.52. The van der Waals surface area contributed by atoms with Gasteiger partial charge in [0, 0.05) is 37.4 Å². The summed E-state index contributed by atoms with van der Waals surface area (Å²) in [5.41, 5.74) is 0.144. The molecule has 3 saturated heterocycles. The number of fused-ring (bicyclic) bond motifs is 4. The number of ketones is 1. The van der Waals surface area contributed by atoms with Crippen molar-refractivity contribution in [1.82, 2.24) is 15.1 Å². The molecule has 0 radical (unpaired) electrons. The van der Waals surface area contributed by atoms with Crippen LogP contribution in [0.5, 0.6) is 0 Å². The van der Waals surface area contributed by atoms with Crippen LogP contribution in [-0.4, -0.2) is 63.7 Å². The second-order valence-corrected chi connectivity index (χ2v) is 8.43. The Balaban J connectivity index is 1.59. The molecule has 1 saturated carbocycles. The predicted molar refractivity (Wildman–Crippen MR) is 96.5 cm³/mol. The van der Waals surface area contributed by atoms with E-state index in [1.54, 1.807) is 9.80 Å². The lowest BCUT2D eigenvalue weighted by molar-refractivity contribution is -0.135. The zero-order valence-corrected chi connectivity index (χ0v) is 15.5. The number of aliphatic carboxylic acids is 1. The Morgan fingerprint density at radius 1 is 1.30 bits per heavy atom. The zero-order chi connectivity index (χ0) is 18.9. The van der Waals surface area contributed by atoms with E-state index in [4.69, 9.17) is 11.6 Å². The molecule has 6 aliphatic rings. The average Bonchev–Trinajstić information content (AvgIpc) is 3.51. The third-order valence-corrected chi connectivity index (χ3v) is 6.83. The first kappa shape index (κ1) is 17.4. The monoisotopic (exact) mass is 393 g/mol. The topological polar surface area (TPSA) is 72.9 Å². The number of nitrogens with one attached hydrogen (secondary N) is 1. The van der Waals surface area contributed by atoms with E-state index in [1.807, 2.05) is 0 Å². The van der Waals surface area contributed by atoms with Crippen LogP contribution in [0.15, 0.2) is 34.7 Å². The van der Waals surface area contributed by atoms with E-state index in [0.717, 1.165) is 32.2 Å². The van der Waals surface area contributed by atoms with Crippen molar-refractivity contribution in [3.05, 3.63) is 34.7 Å². The summed E-state index contributed by atoms with van der Waals surface area (Å²) in [6, 6.07) is 0.373. The Labute approximate surface area is 161 Å². The molecule has 4 unspecified atom stereocenters. The largest absolute Gasteiger partial charge is 0.478 e. The highest BCUT2D eigenvalue weighted by molar-refractivity contribution is 6.32. The molecular formula is C19H21ClFN3O3. The van der Waals surface area contributed by atoms with Gasteiger partial charge in [-0.3, -0.25) is 9.69 Å². The van der Waals surface area contributed by atoms with E-state index < -0.39 is 23.5 Å². The summed E-state index contributed by atoms with van der Waals surface area (Å²) in [5.74, 6) is -4.59. The number of halogens is 2. The fourth-order valence-electron chi connectivity index (χ4n) is 4.77. The minimum absolute atomic E-state index is 0.00323. The van der Waals surface area contributed by atoms with Crippen LogP contribution in [0.25, 0.3) is 0 Å². The molecule has 4 atom stereocenters. The number of carbonyl (C=O) groups is 2. The van der Waals surface area contributed by atoms with Crippen LogP contribution in [0.4, 0.5) is 4.39 Å². The summed E-state index contributed by atoms with van der Waals surface area (Å²) < 4.78 is 16.3. The molecule has 0 amide bonds. The zero-order valence-electron chi connectivity index (χ0n) is 14.7. The smallest absolute Gasteiger partial charge is 0.340 e. The van der Waals surface area contributed by atoms with Gasteiger partial charge in [0.05, 0.1) is 16.6 Å². The van der Waals surface area contributed by atoms with Crippen LogP contribution >= 0.6 is 11.6 Å². The highest BCUT2D eigenvalue weighted by Gasteiger charge is 2.53. The number of nitrogens with zero attached hydrogens (tertiary/aromatic N) is 2. The van der Waals surface area contributed by atoms with Crippen LogP contribution < -0.4 is 5.32 Å². The van der Waals surface area contributed by atoms with Gasteiger partial charge in [0.1, 0.15) is 5.57 Å². The Hall–Kier alpha value is -1.70. The van der Waals surface area contributed by atoms with Crippen LogP contribution in [0, 0.1) is 5.92 Å². The molecule has 27 heavy (non-hydrogen) atoms. The van der Waals surface area contributed by atoms with Gasteiger partial charge in [0.2, 0.25) is 5.79 Å². The molecule has 4 fully saturated rings. The van der Waals surface area contributed by atoms with Gasteiger partial charge in [-0.05, 0) is 31.8 Å². The number of hydrogen-bond acceptors (Lipinski definition) is 5. The fraction of sp³-hybridized carbons (Fsp3) is 0.579. The number of piperidine rings is 2. The van der Waals surface area contributed by atoms with Gasteiger partial charge in [0.15, 0.2) is 5.78 Å². The Bertz CT molecular complexity index is 813. The van der Waals surface area contributed by atoms with Gasteiger partial charge in [-0.1, -0.05) is 17.7 Å². The number of carbonyl (C=O) groups excluding carboxylic acids is 1. The van der Waals surface area contributed by atoms with E-state index in [1.165, 1.54) is 18.4 Å². The first-order valence-electron chi connectivity index (χ1n) is 9.46. The molecule has 0 aromatic rings. The third-order valence-electron chi connectivity index (χ3n) is 6.37. The van der Waals surface area contributed by atoms with Crippen LogP contribution in [0.2, 0.25) is 0 Å². The third kappa shape index (κ3) is 2.52. The van der Waals surface area contributed by atoms with Crippen molar-refractivity contribution < 1.29 is 19.1 Å². The minimum Gasteiger partial charge on any atom is -0.478 e. The molecule has 6 nitrogen and oxygen atoms in total. The average molecular weight is 394 g/mol. The van der Waals surface area contributed by atoms with Crippen molar-refractivity contribution in [3.8, 4) is 0 Å². The molecule has 8 heteroatoms. The highest BCUT2D eigenvalue weighted by atomic mass is 35.5. The van der Waals surface area contributed by atoms with Gasteiger partial charge in [-0.15, -0.1) is 0 Å². The molecule has 2 aliphatic carbocycles. The van der Waals surface area contributed by atoms with Crippen molar-refractivity contribution in [2.24, 2.45) is 5.92 Å². The first-order chi connectivity index (χ1) is 12.9. The molecule has 144 valence electrons. The van der Waals surface area contributed by atoms with Crippen molar-refractivity contribution in [2.45, 2.75) is 49.6 Å². The number of carboxylic acid groups (broad SMARTS) is 1. The summed E-state index contributed by atoms with van der Waals surface area (Å²) in [6.45, 7) is 1.29. The molecular weight excluding hydrogens is 373 g/mol. The molecule has 6 rings (SSSR count). The molecule has 2 N–H and O–H groups in total. The molecule has 4 heterocycles. The first-order valence-corrected chi connectivity index (χ1v) is 9.84. The van der Waals surface area contributed by atoms with E-state index in [2.05, 4.69) is 5.32 Å². The standard InChI is InChI=1S/C19H21ClFN3O3/c20-17-15-13(16(25)14(18(26)27)9-23(15)11-3-4-11)5-6-19(17,21)24-8-10-1-2-12(24)7-22-10/h5-6,9-13,22H,1-4,7-8H2,(H,26,27). The van der Waals surface area contributed by atoms with E-state index >= 15 is 4.39 Å². The van der Waals surface area contributed by atoms with E-state index in [-0.39, 0.29) is 28.7 Å². The number of carboxylic acids is 1. The molecule has 0 aromatic heterocycles. The Morgan fingerprint density at radius 3 is 2.59 bits per heavy atom. The molecule has 4 aliphatic heterocycles. The second-order valence-electron chi connectivity index (χ2n) is 8.05. The summed E-state index contributed by atoms with van der Waals surface area (Å²) in [5, 5.41) is 12.8. The molecule has 0 spiro atoms. The Kier molecular flexibility index (Phi) is 3.80. The summed E-state index contributed by atoms with van der Waals surface area (Å²) in [7, 11) is 0. The van der Waals surface area contributed by atoms with E-state index in [0.29, 0.717) is 12.2 Å². The lowest BCUT2D eigenvalue weighted by Crippen LogP contribution is -2.66. The van der Waals surface area contributed by atoms with Crippen molar-refractivity contribution in [1.29, 1.82) is 0 Å². The van der Waals surface area contributed by atoms with Crippen molar-refractivity contribution in [3.63, 3.8) is 0 Å². The fourth-order valence-corrected chi connectivity index (χ4v) is 5.16. The number of Topliss-reactive ketones (excluding diaryl/α,β-unsaturated/α-hetero) is 1. The number of hydrogen-bond donors (Lipinski definition) is 2.